The van der Waals surface area contributed by atoms with Gasteiger partial charge in [-0.1, -0.05) is 49.4 Å². The molecule has 0 amide bonds. The largest absolute Gasteiger partial charge is 0.0805 e. The summed E-state index contributed by atoms with van der Waals surface area (Å²) in [6.07, 6.45) is 5.94. The van der Waals surface area contributed by atoms with Gasteiger partial charge in [-0.25, -0.2) is 0 Å². The van der Waals surface area contributed by atoms with Crippen LogP contribution in [0.3, 0.4) is 0 Å². The summed E-state index contributed by atoms with van der Waals surface area (Å²) in [7, 11) is 0. The van der Waals surface area contributed by atoms with Gasteiger partial charge in [0.2, 0.25) is 0 Å². The third kappa shape index (κ3) is 1.76. The van der Waals surface area contributed by atoms with Crippen LogP contribution in [0.1, 0.15) is 18.9 Å². The van der Waals surface area contributed by atoms with Gasteiger partial charge in [0.05, 0.1) is 0 Å². The number of allylic oxidation sites excluding steroid dienone is 1. The highest BCUT2D eigenvalue weighted by molar-refractivity contribution is 5.49. The third-order valence-electron chi connectivity index (χ3n) is 2.51. The molecule has 1 saturated carbocycles. The molecule has 2 atom stereocenters. The van der Waals surface area contributed by atoms with Gasteiger partial charge < -0.3 is 0 Å². The summed E-state index contributed by atoms with van der Waals surface area (Å²) in [6, 6.07) is 10.5. The molecule has 0 nitrogen and oxygen atoms in total. The standard InChI is InChI=1S/C12H14/c1-10-9-12(10)8-7-11-5-3-2-4-6-11/h2-8,10,12H,9H2,1H3/b8-7+/t10-,12-/m0/s1. The molecule has 0 N–H and O–H groups in total. The van der Waals surface area contributed by atoms with E-state index in [2.05, 4.69) is 49.4 Å². The maximum absolute atomic E-state index is 2.33. The van der Waals surface area contributed by atoms with Crippen LogP contribution in [0.15, 0.2) is 36.4 Å². The minimum absolute atomic E-state index is 0.852. The van der Waals surface area contributed by atoms with E-state index in [0.717, 1.165) is 11.8 Å². The highest BCUT2D eigenvalue weighted by atomic mass is 14.3. The summed E-state index contributed by atoms with van der Waals surface area (Å²) in [6.45, 7) is 2.31. The molecule has 1 fully saturated rings. The maximum Gasteiger partial charge on any atom is -0.0201 e. The Morgan fingerprint density at radius 2 is 1.92 bits per heavy atom. The van der Waals surface area contributed by atoms with Crippen LogP contribution in [0.25, 0.3) is 6.08 Å². The lowest BCUT2D eigenvalue weighted by molar-refractivity contribution is 0.902. The highest BCUT2D eigenvalue weighted by Crippen LogP contribution is 2.39. The van der Waals surface area contributed by atoms with Crippen molar-refractivity contribution in [2.24, 2.45) is 11.8 Å². The lowest BCUT2D eigenvalue weighted by Gasteiger charge is -1.89. The Morgan fingerprint density at radius 1 is 1.25 bits per heavy atom. The summed E-state index contributed by atoms with van der Waals surface area (Å²) >= 11 is 0. The first kappa shape index (κ1) is 7.60. The number of hydrogen-bond donors (Lipinski definition) is 0. The second kappa shape index (κ2) is 3.14. The molecule has 62 valence electrons. The van der Waals surface area contributed by atoms with E-state index >= 15 is 0 Å². The molecule has 2 rings (SSSR count). The fraction of sp³-hybridized carbons (Fsp3) is 0.333. The van der Waals surface area contributed by atoms with Crippen LogP contribution >= 0.6 is 0 Å². The van der Waals surface area contributed by atoms with Gasteiger partial charge in [-0.15, -0.1) is 0 Å². The molecule has 0 spiro atoms. The van der Waals surface area contributed by atoms with Crippen molar-refractivity contribution in [2.75, 3.05) is 0 Å². The summed E-state index contributed by atoms with van der Waals surface area (Å²) < 4.78 is 0. The SMILES string of the molecule is C[C@H]1C[C@@H]1/C=C/c1ccccc1. The van der Waals surface area contributed by atoms with E-state index < -0.39 is 0 Å². The molecule has 1 aliphatic rings. The Bertz CT molecular complexity index is 271. The molecular formula is C12H14. The normalized spacial score (nSPS) is 27.8. The quantitative estimate of drug-likeness (QED) is 0.619. The topological polar surface area (TPSA) is 0 Å². The van der Waals surface area contributed by atoms with Crippen LogP contribution in [0.4, 0.5) is 0 Å². The average Bonchev–Trinajstić information content (AvgIpc) is 2.81. The number of rotatable bonds is 2. The molecule has 0 aliphatic heterocycles. The molecule has 1 aromatic rings. The zero-order chi connectivity index (χ0) is 8.39. The van der Waals surface area contributed by atoms with E-state index in [1.165, 1.54) is 12.0 Å². The maximum atomic E-state index is 2.33. The molecule has 0 unspecified atom stereocenters. The summed E-state index contributed by atoms with van der Waals surface area (Å²) in [4.78, 5) is 0. The number of benzene rings is 1. The van der Waals surface area contributed by atoms with Crippen molar-refractivity contribution in [1.82, 2.24) is 0 Å². The lowest BCUT2D eigenvalue weighted by Crippen LogP contribution is -1.71. The van der Waals surface area contributed by atoms with Gasteiger partial charge in [0, 0.05) is 0 Å². The van der Waals surface area contributed by atoms with E-state index in [1.807, 2.05) is 0 Å². The first-order chi connectivity index (χ1) is 5.86. The van der Waals surface area contributed by atoms with E-state index in [4.69, 9.17) is 0 Å². The molecule has 12 heavy (non-hydrogen) atoms. The Kier molecular flexibility index (Phi) is 1.99. The molecule has 0 radical (unpaired) electrons. The van der Waals surface area contributed by atoms with Crippen LogP contribution in [-0.4, -0.2) is 0 Å². The highest BCUT2D eigenvalue weighted by Gasteiger charge is 2.29. The smallest absolute Gasteiger partial charge is 0.0201 e. The van der Waals surface area contributed by atoms with E-state index in [1.54, 1.807) is 0 Å². The van der Waals surface area contributed by atoms with Crippen molar-refractivity contribution in [3.63, 3.8) is 0 Å². The Balaban J connectivity index is 1.99. The van der Waals surface area contributed by atoms with Crippen LogP contribution in [0, 0.1) is 11.8 Å². The average molecular weight is 158 g/mol. The second-order valence-corrected chi connectivity index (χ2v) is 3.65. The van der Waals surface area contributed by atoms with Gasteiger partial charge in [0.1, 0.15) is 0 Å². The fourth-order valence-electron chi connectivity index (χ4n) is 1.42. The van der Waals surface area contributed by atoms with Gasteiger partial charge in [-0.05, 0) is 23.8 Å². The van der Waals surface area contributed by atoms with Gasteiger partial charge in [-0.3, -0.25) is 0 Å². The van der Waals surface area contributed by atoms with Crippen molar-refractivity contribution in [3.05, 3.63) is 42.0 Å². The molecule has 0 saturated heterocycles. The molecule has 1 aliphatic carbocycles. The minimum atomic E-state index is 0.852. The van der Waals surface area contributed by atoms with Crippen molar-refractivity contribution >= 4 is 6.08 Å². The van der Waals surface area contributed by atoms with Crippen molar-refractivity contribution < 1.29 is 0 Å². The molecule has 0 bridgehead atoms. The number of hydrogen-bond acceptors (Lipinski definition) is 0. The van der Waals surface area contributed by atoms with Crippen LogP contribution in [0.2, 0.25) is 0 Å². The Morgan fingerprint density at radius 3 is 2.50 bits per heavy atom. The predicted octanol–water partition coefficient (Wildman–Crippen LogP) is 3.36. The van der Waals surface area contributed by atoms with Crippen molar-refractivity contribution in [2.45, 2.75) is 13.3 Å². The van der Waals surface area contributed by atoms with Crippen molar-refractivity contribution in [3.8, 4) is 0 Å². The van der Waals surface area contributed by atoms with Crippen LogP contribution in [-0.2, 0) is 0 Å². The molecule has 1 aromatic carbocycles. The minimum Gasteiger partial charge on any atom is -0.0805 e. The van der Waals surface area contributed by atoms with Gasteiger partial charge in [-0.2, -0.15) is 0 Å². The zero-order valence-electron chi connectivity index (χ0n) is 7.40. The molecule has 0 aromatic heterocycles. The van der Waals surface area contributed by atoms with Crippen molar-refractivity contribution in [1.29, 1.82) is 0 Å². The zero-order valence-corrected chi connectivity index (χ0v) is 7.40. The Hall–Kier alpha value is -1.04. The van der Waals surface area contributed by atoms with Gasteiger partial charge >= 0.3 is 0 Å². The van der Waals surface area contributed by atoms with Gasteiger partial charge in [0.25, 0.3) is 0 Å². The molecule has 0 heteroatoms. The third-order valence-corrected chi connectivity index (χ3v) is 2.51. The summed E-state index contributed by atoms with van der Waals surface area (Å²) in [5.74, 6) is 1.77. The Labute approximate surface area is 73.9 Å². The first-order valence-corrected chi connectivity index (χ1v) is 4.59. The van der Waals surface area contributed by atoms with E-state index in [0.29, 0.717) is 0 Å². The first-order valence-electron chi connectivity index (χ1n) is 4.59. The van der Waals surface area contributed by atoms with E-state index in [9.17, 15) is 0 Å². The monoisotopic (exact) mass is 158 g/mol. The molecule has 0 heterocycles. The summed E-state index contributed by atoms with van der Waals surface area (Å²) in [5.41, 5.74) is 1.32. The van der Waals surface area contributed by atoms with Crippen LogP contribution < -0.4 is 0 Å². The lowest BCUT2D eigenvalue weighted by atomic mass is 10.2. The second-order valence-electron chi connectivity index (χ2n) is 3.65. The fourth-order valence-corrected chi connectivity index (χ4v) is 1.42. The van der Waals surface area contributed by atoms with E-state index in [-0.39, 0.29) is 0 Å². The predicted molar refractivity (Wildman–Crippen MR) is 52.7 cm³/mol. The summed E-state index contributed by atoms with van der Waals surface area (Å²) in [5, 5.41) is 0. The molecular weight excluding hydrogens is 144 g/mol. The van der Waals surface area contributed by atoms with Crippen LogP contribution in [0.5, 0.6) is 0 Å². The van der Waals surface area contributed by atoms with Gasteiger partial charge in [0.15, 0.2) is 0 Å².